The third-order valence-electron chi connectivity index (χ3n) is 4.28. The number of nitrogens with zero attached hydrogens (tertiary/aromatic N) is 1. The topological polar surface area (TPSA) is 46.3 Å². The molecule has 1 amide bonds. The van der Waals surface area contributed by atoms with Crippen molar-refractivity contribution in [1.82, 2.24) is 4.90 Å². The van der Waals surface area contributed by atoms with Crippen molar-refractivity contribution in [3.8, 4) is 0 Å². The predicted octanol–water partition coefficient (Wildman–Crippen LogP) is 1.76. The highest BCUT2D eigenvalue weighted by Gasteiger charge is 2.30. The van der Waals surface area contributed by atoms with Crippen LogP contribution in [0.15, 0.2) is 0 Å². The van der Waals surface area contributed by atoms with Gasteiger partial charge in [-0.1, -0.05) is 19.8 Å². The minimum absolute atomic E-state index is 0.103. The first-order valence-corrected chi connectivity index (χ1v) is 6.70. The minimum Gasteiger partial charge on any atom is -0.369 e. The average molecular weight is 224 g/mol. The first-order valence-electron chi connectivity index (χ1n) is 6.70. The number of piperidine rings is 1. The SMILES string of the molecule is C[C@@H]1CCC[C@@H](N2CCC[C@@H](C(N)=O)C2)C1. The van der Waals surface area contributed by atoms with E-state index < -0.39 is 0 Å². The lowest BCUT2D eigenvalue weighted by atomic mass is 9.84. The molecule has 92 valence electrons. The highest BCUT2D eigenvalue weighted by molar-refractivity contribution is 5.76. The van der Waals surface area contributed by atoms with Crippen molar-refractivity contribution >= 4 is 5.91 Å². The molecule has 2 rings (SSSR count). The van der Waals surface area contributed by atoms with E-state index in [-0.39, 0.29) is 11.8 Å². The van der Waals surface area contributed by atoms with E-state index in [2.05, 4.69) is 11.8 Å². The average Bonchev–Trinajstić information content (AvgIpc) is 2.29. The predicted molar refractivity (Wildman–Crippen MR) is 64.9 cm³/mol. The zero-order valence-corrected chi connectivity index (χ0v) is 10.3. The van der Waals surface area contributed by atoms with E-state index in [0.717, 1.165) is 25.3 Å². The molecule has 0 aromatic rings. The van der Waals surface area contributed by atoms with Crippen molar-refractivity contribution < 1.29 is 4.79 Å². The summed E-state index contributed by atoms with van der Waals surface area (Å²) in [4.78, 5) is 13.8. The lowest BCUT2D eigenvalue weighted by Crippen LogP contribution is -2.47. The fourth-order valence-electron chi connectivity index (χ4n) is 3.30. The largest absolute Gasteiger partial charge is 0.369 e. The van der Waals surface area contributed by atoms with E-state index in [4.69, 9.17) is 5.73 Å². The number of nitrogens with two attached hydrogens (primary N) is 1. The molecule has 0 spiro atoms. The Hall–Kier alpha value is -0.570. The van der Waals surface area contributed by atoms with Gasteiger partial charge in [-0.3, -0.25) is 9.69 Å². The van der Waals surface area contributed by atoms with Crippen LogP contribution in [-0.2, 0) is 4.79 Å². The molecule has 1 heterocycles. The Labute approximate surface area is 98.4 Å². The second kappa shape index (κ2) is 5.17. The van der Waals surface area contributed by atoms with E-state index in [1.807, 2.05) is 0 Å². The van der Waals surface area contributed by atoms with Crippen molar-refractivity contribution in [2.24, 2.45) is 17.6 Å². The summed E-state index contributed by atoms with van der Waals surface area (Å²) >= 11 is 0. The van der Waals surface area contributed by atoms with Gasteiger partial charge in [0.2, 0.25) is 5.91 Å². The zero-order valence-electron chi connectivity index (χ0n) is 10.3. The standard InChI is InChI=1S/C13H24N2O/c1-10-4-2-6-12(8-10)15-7-3-5-11(9-15)13(14)16/h10-12H,2-9H2,1H3,(H2,14,16)/t10-,11-,12-/m1/s1. The van der Waals surface area contributed by atoms with Crippen LogP contribution in [0.3, 0.4) is 0 Å². The van der Waals surface area contributed by atoms with Crippen LogP contribution in [-0.4, -0.2) is 29.9 Å². The first kappa shape index (κ1) is 11.9. The van der Waals surface area contributed by atoms with Gasteiger partial charge in [-0.15, -0.1) is 0 Å². The van der Waals surface area contributed by atoms with E-state index >= 15 is 0 Å². The molecular formula is C13H24N2O. The highest BCUT2D eigenvalue weighted by atomic mass is 16.1. The van der Waals surface area contributed by atoms with Gasteiger partial charge in [-0.2, -0.15) is 0 Å². The summed E-state index contributed by atoms with van der Waals surface area (Å²) in [6.45, 7) is 4.43. The molecule has 1 aliphatic carbocycles. The van der Waals surface area contributed by atoms with Crippen molar-refractivity contribution in [2.75, 3.05) is 13.1 Å². The lowest BCUT2D eigenvalue weighted by Gasteiger charge is -2.40. The number of rotatable bonds is 2. The van der Waals surface area contributed by atoms with Crippen LogP contribution in [0.1, 0.15) is 45.4 Å². The van der Waals surface area contributed by atoms with E-state index in [0.29, 0.717) is 6.04 Å². The Morgan fingerprint density at radius 3 is 2.75 bits per heavy atom. The van der Waals surface area contributed by atoms with Crippen LogP contribution in [0.2, 0.25) is 0 Å². The quantitative estimate of drug-likeness (QED) is 0.777. The molecule has 2 N–H and O–H groups in total. The maximum atomic E-state index is 11.2. The Bertz CT molecular complexity index is 254. The number of carbonyl (C=O) groups is 1. The number of hydrogen-bond donors (Lipinski definition) is 1. The van der Waals surface area contributed by atoms with Gasteiger partial charge in [0, 0.05) is 12.6 Å². The third-order valence-corrected chi connectivity index (χ3v) is 4.28. The summed E-state index contributed by atoms with van der Waals surface area (Å²) in [5, 5.41) is 0. The normalized spacial score (nSPS) is 37.2. The fourth-order valence-corrected chi connectivity index (χ4v) is 3.30. The Morgan fingerprint density at radius 1 is 1.25 bits per heavy atom. The molecule has 0 radical (unpaired) electrons. The molecular weight excluding hydrogens is 200 g/mol. The smallest absolute Gasteiger partial charge is 0.221 e. The summed E-state index contributed by atoms with van der Waals surface area (Å²) in [7, 11) is 0. The molecule has 1 aliphatic heterocycles. The van der Waals surface area contributed by atoms with Crippen molar-refractivity contribution in [3.63, 3.8) is 0 Å². The summed E-state index contributed by atoms with van der Waals surface area (Å²) in [5.74, 6) is 0.854. The maximum absolute atomic E-state index is 11.2. The minimum atomic E-state index is -0.103. The van der Waals surface area contributed by atoms with Gasteiger partial charge in [0.05, 0.1) is 5.92 Å². The second-order valence-electron chi connectivity index (χ2n) is 5.66. The maximum Gasteiger partial charge on any atom is 0.221 e. The molecule has 3 heteroatoms. The van der Waals surface area contributed by atoms with Crippen molar-refractivity contribution in [2.45, 2.75) is 51.5 Å². The number of amides is 1. The molecule has 0 aromatic carbocycles. The van der Waals surface area contributed by atoms with E-state index in [1.165, 1.54) is 32.2 Å². The van der Waals surface area contributed by atoms with E-state index in [1.54, 1.807) is 0 Å². The second-order valence-corrected chi connectivity index (χ2v) is 5.66. The van der Waals surface area contributed by atoms with Gasteiger partial charge in [0.1, 0.15) is 0 Å². The molecule has 2 fully saturated rings. The van der Waals surface area contributed by atoms with Gasteiger partial charge >= 0.3 is 0 Å². The molecule has 3 nitrogen and oxygen atoms in total. The molecule has 0 bridgehead atoms. The van der Waals surface area contributed by atoms with Crippen LogP contribution in [0, 0.1) is 11.8 Å². The molecule has 16 heavy (non-hydrogen) atoms. The number of primary amides is 1. The van der Waals surface area contributed by atoms with Crippen LogP contribution in [0.25, 0.3) is 0 Å². The zero-order chi connectivity index (χ0) is 11.5. The number of carbonyl (C=O) groups excluding carboxylic acids is 1. The molecule has 2 aliphatic rings. The van der Waals surface area contributed by atoms with Crippen LogP contribution >= 0.6 is 0 Å². The fraction of sp³-hybridized carbons (Fsp3) is 0.923. The Kier molecular flexibility index (Phi) is 3.85. The first-order chi connectivity index (χ1) is 7.66. The third kappa shape index (κ3) is 2.76. The van der Waals surface area contributed by atoms with Crippen LogP contribution in [0.4, 0.5) is 0 Å². The van der Waals surface area contributed by atoms with Gasteiger partial charge < -0.3 is 5.73 Å². The Morgan fingerprint density at radius 2 is 2.06 bits per heavy atom. The monoisotopic (exact) mass is 224 g/mol. The molecule has 0 aromatic heterocycles. The van der Waals surface area contributed by atoms with Crippen molar-refractivity contribution in [1.29, 1.82) is 0 Å². The summed E-state index contributed by atoms with van der Waals surface area (Å²) < 4.78 is 0. The van der Waals surface area contributed by atoms with Gasteiger partial charge in [-0.25, -0.2) is 0 Å². The van der Waals surface area contributed by atoms with Crippen LogP contribution < -0.4 is 5.73 Å². The summed E-state index contributed by atoms with van der Waals surface area (Å²) in [6, 6.07) is 0.714. The Balaban J connectivity index is 1.90. The molecule has 1 saturated heterocycles. The van der Waals surface area contributed by atoms with Crippen LogP contribution in [0.5, 0.6) is 0 Å². The molecule has 3 atom stereocenters. The number of likely N-dealkylation sites (tertiary alicyclic amines) is 1. The van der Waals surface area contributed by atoms with Gasteiger partial charge in [0.25, 0.3) is 0 Å². The molecule has 0 unspecified atom stereocenters. The highest BCUT2D eigenvalue weighted by Crippen LogP contribution is 2.30. The van der Waals surface area contributed by atoms with Gasteiger partial charge in [-0.05, 0) is 38.1 Å². The van der Waals surface area contributed by atoms with E-state index in [9.17, 15) is 4.79 Å². The summed E-state index contributed by atoms with van der Waals surface area (Å²) in [5.41, 5.74) is 5.42. The van der Waals surface area contributed by atoms with Gasteiger partial charge in [0.15, 0.2) is 0 Å². The molecule has 1 saturated carbocycles. The summed E-state index contributed by atoms with van der Waals surface area (Å²) in [6.07, 6.45) is 7.49. The lowest BCUT2D eigenvalue weighted by molar-refractivity contribution is -0.123. The number of hydrogen-bond acceptors (Lipinski definition) is 2. The van der Waals surface area contributed by atoms with Crippen molar-refractivity contribution in [3.05, 3.63) is 0 Å².